The Hall–Kier alpha value is -3.28. The fraction of sp³-hybridized carbons (Fsp3) is 0.333. The Kier molecular flexibility index (Phi) is 6.78. The summed E-state index contributed by atoms with van der Waals surface area (Å²) < 4.78 is 41.9. The van der Waals surface area contributed by atoms with Gasteiger partial charge in [0.2, 0.25) is 0 Å². The fourth-order valence-electron chi connectivity index (χ4n) is 4.56. The van der Waals surface area contributed by atoms with Crippen LogP contribution in [0.4, 0.5) is 18.9 Å². The summed E-state index contributed by atoms with van der Waals surface area (Å²) in [6.45, 7) is 0. The SMILES string of the molecule is OC(N[C@@H]1CCC[C@H](Nc2cc(C(F)(F)F)nc3ccc(Cl)cc23)C1)c1ccc(-n2cnnn2)cc1. The molecule has 5 rings (SSSR count). The first-order chi connectivity index (χ1) is 17.3. The van der Waals surface area contributed by atoms with E-state index in [1.54, 1.807) is 30.3 Å². The molecule has 0 saturated heterocycles. The highest BCUT2D eigenvalue weighted by atomic mass is 35.5. The first kappa shape index (κ1) is 24.4. The van der Waals surface area contributed by atoms with E-state index < -0.39 is 18.1 Å². The number of nitrogens with zero attached hydrogens (tertiary/aromatic N) is 5. The van der Waals surface area contributed by atoms with Gasteiger partial charge in [-0.25, -0.2) is 9.67 Å². The second-order valence-electron chi connectivity index (χ2n) is 8.83. The summed E-state index contributed by atoms with van der Waals surface area (Å²) in [6.07, 6.45) is -0.854. The van der Waals surface area contributed by atoms with Gasteiger partial charge in [0.15, 0.2) is 0 Å². The molecule has 1 saturated carbocycles. The summed E-state index contributed by atoms with van der Waals surface area (Å²) in [5.74, 6) is 0. The first-order valence-corrected chi connectivity index (χ1v) is 11.9. The van der Waals surface area contributed by atoms with Gasteiger partial charge >= 0.3 is 6.18 Å². The molecule has 8 nitrogen and oxygen atoms in total. The van der Waals surface area contributed by atoms with Crippen LogP contribution in [0, 0.1) is 0 Å². The van der Waals surface area contributed by atoms with E-state index in [9.17, 15) is 18.3 Å². The maximum atomic E-state index is 13.5. The van der Waals surface area contributed by atoms with Crippen molar-refractivity contribution in [3.63, 3.8) is 0 Å². The standard InChI is InChI=1S/C24H23ClF3N7O/c25-15-6-9-20-19(10-15)21(12-22(32-20)24(26,27)28)30-16-2-1-3-17(11-16)31-23(36)14-4-7-18(8-5-14)35-13-29-33-34-35/h4-10,12-13,16-17,23,31,36H,1-3,11H2,(H,30,32)/t16-,17+,23?/m0/s1. The van der Waals surface area contributed by atoms with Gasteiger partial charge in [-0.05, 0) is 78.1 Å². The van der Waals surface area contributed by atoms with Crippen molar-refractivity contribution in [3.05, 3.63) is 71.1 Å². The van der Waals surface area contributed by atoms with Crippen molar-refractivity contribution in [2.24, 2.45) is 0 Å². The number of alkyl halides is 3. The van der Waals surface area contributed by atoms with Crippen LogP contribution < -0.4 is 10.6 Å². The van der Waals surface area contributed by atoms with Gasteiger partial charge in [0.05, 0.1) is 11.2 Å². The number of benzene rings is 2. The molecule has 3 N–H and O–H groups in total. The molecule has 0 radical (unpaired) electrons. The topological polar surface area (TPSA) is 101 Å². The van der Waals surface area contributed by atoms with E-state index >= 15 is 0 Å². The molecular formula is C24H23ClF3N7O. The predicted molar refractivity (Wildman–Crippen MR) is 129 cm³/mol. The van der Waals surface area contributed by atoms with Crippen LogP contribution in [0.2, 0.25) is 5.02 Å². The van der Waals surface area contributed by atoms with Gasteiger partial charge in [0.1, 0.15) is 18.2 Å². The number of fused-ring (bicyclic) bond motifs is 1. The third-order valence-corrected chi connectivity index (χ3v) is 6.55. The van der Waals surface area contributed by atoms with Crippen LogP contribution in [0.1, 0.15) is 43.2 Å². The maximum absolute atomic E-state index is 13.5. The molecule has 3 atom stereocenters. The van der Waals surface area contributed by atoms with Crippen LogP contribution in [0.15, 0.2) is 54.9 Å². The Labute approximate surface area is 209 Å². The summed E-state index contributed by atoms with van der Waals surface area (Å²) in [5.41, 5.74) is 1.07. The monoisotopic (exact) mass is 517 g/mol. The van der Waals surface area contributed by atoms with E-state index in [1.165, 1.54) is 23.1 Å². The lowest BCUT2D eigenvalue weighted by molar-refractivity contribution is -0.140. The highest BCUT2D eigenvalue weighted by Gasteiger charge is 2.34. The number of hydrogen-bond acceptors (Lipinski definition) is 7. The number of anilines is 1. The van der Waals surface area contributed by atoms with Gasteiger partial charge in [-0.3, -0.25) is 5.32 Å². The smallest absolute Gasteiger partial charge is 0.382 e. The van der Waals surface area contributed by atoms with E-state index in [0.29, 0.717) is 28.1 Å². The number of pyridine rings is 1. The molecule has 188 valence electrons. The van der Waals surface area contributed by atoms with Gasteiger partial charge in [-0.1, -0.05) is 23.7 Å². The molecule has 2 heterocycles. The molecule has 1 aliphatic carbocycles. The molecule has 0 bridgehead atoms. The van der Waals surface area contributed by atoms with Crippen molar-refractivity contribution in [1.82, 2.24) is 30.5 Å². The van der Waals surface area contributed by atoms with Crippen molar-refractivity contribution in [2.75, 3.05) is 5.32 Å². The molecule has 36 heavy (non-hydrogen) atoms. The largest absolute Gasteiger partial charge is 0.433 e. The van der Waals surface area contributed by atoms with Gasteiger partial charge in [0.25, 0.3) is 0 Å². The van der Waals surface area contributed by atoms with Gasteiger partial charge in [0, 0.05) is 28.2 Å². The molecular weight excluding hydrogens is 495 g/mol. The maximum Gasteiger partial charge on any atom is 0.433 e. The molecule has 0 spiro atoms. The summed E-state index contributed by atoms with van der Waals surface area (Å²) >= 11 is 6.11. The average molecular weight is 518 g/mol. The normalized spacial score (nSPS) is 19.4. The third kappa shape index (κ3) is 5.43. The quantitative estimate of drug-likeness (QED) is 0.313. The van der Waals surface area contributed by atoms with E-state index in [0.717, 1.165) is 31.0 Å². The second-order valence-corrected chi connectivity index (χ2v) is 9.27. The zero-order valence-electron chi connectivity index (χ0n) is 19.0. The molecule has 4 aromatic rings. The Bertz CT molecular complexity index is 1330. The minimum absolute atomic E-state index is 0.0239. The number of aliphatic hydroxyl groups is 1. The Morgan fingerprint density at radius 2 is 1.83 bits per heavy atom. The van der Waals surface area contributed by atoms with Crippen LogP contribution in [0.25, 0.3) is 16.6 Å². The number of rotatable bonds is 6. The Morgan fingerprint density at radius 3 is 2.56 bits per heavy atom. The fourth-order valence-corrected chi connectivity index (χ4v) is 4.74. The predicted octanol–water partition coefficient (Wildman–Crippen LogP) is 4.89. The van der Waals surface area contributed by atoms with Crippen LogP contribution in [0.5, 0.6) is 0 Å². The van der Waals surface area contributed by atoms with Crippen LogP contribution in [-0.2, 0) is 6.18 Å². The van der Waals surface area contributed by atoms with Crippen molar-refractivity contribution in [2.45, 2.75) is 50.2 Å². The lowest BCUT2D eigenvalue weighted by Gasteiger charge is -2.33. The molecule has 12 heteroatoms. The van der Waals surface area contributed by atoms with E-state index in [-0.39, 0.29) is 17.6 Å². The molecule has 1 unspecified atom stereocenters. The minimum Gasteiger partial charge on any atom is -0.382 e. The summed E-state index contributed by atoms with van der Waals surface area (Å²) in [5, 5.41) is 29.3. The average Bonchev–Trinajstić information content (AvgIpc) is 3.39. The van der Waals surface area contributed by atoms with Crippen molar-refractivity contribution in [3.8, 4) is 5.69 Å². The lowest BCUT2D eigenvalue weighted by Crippen LogP contribution is -2.40. The number of aliphatic hydroxyl groups excluding tert-OH is 1. The zero-order chi connectivity index (χ0) is 25.3. The van der Waals surface area contributed by atoms with Gasteiger partial charge in [-0.15, -0.1) is 5.10 Å². The zero-order valence-corrected chi connectivity index (χ0v) is 19.7. The number of tetrazole rings is 1. The van der Waals surface area contributed by atoms with Gasteiger partial charge in [-0.2, -0.15) is 13.2 Å². The Balaban J connectivity index is 1.29. The molecule has 2 aromatic carbocycles. The second kappa shape index (κ2) is 10.00. The number of halogens is 4. The van der Waals surface area contributed by atoms with Crippen LogP contribution >= 0.6 is 11.6 Å². The molecule has 2 aromatic heterocycles. The lowest BCUT2D eigenvalue weighted by atomic mass is 9.90. The van der Waals surface area contributed by atoms with Crippen molar-refractivity contribution >= 4 is 28.2 Å². The molecule has 0 amide bonds. The molecule has 1 aliphatic rings. The Morgan fingerprint density at radius 1 is 1.06 bits per heavy atom. The first-order valence-electron chi connectivity index (χ1n) is 11.5. The van der Waals surface area contributed by atoms with E-state index in [2.05, 4.69) is 31.1 Å². The van der Waals surface area contributed by atoms with Crippen molar-refractivity contribution < 1.29 is 18.3 Å². The molecule has 0 aliphatic heterocycles. The van der Waals surface area contributed by atoms with Gasteiger partial charge < -0.3 is 10.4 Å². The molecule has 1 fully saturated rings. The number of hydrogen-bond donors (Lipinski definition) is 3. The van der Waals surface area contributed by atoms with Crippen LogP contribution in [0.3, 0.4) is 0 Å². The van der Waals surface area contributed by atoms with Crippen molar-refractivity contribution in [1.29, 1.82) is 0 Å². The third-order valence-electron chi connectivity index (χ3n) is 6.31. The summed E-state index contributed by atoms with van der Waals surface area (Å²) in [4.78, 5) is 3.77. The summed E-state index contributed by atoms with van der Waals surface area (Å²) in [6, 6.07) is 12.8. The number of nitrogens with one attached hydrogen (secondary N) is 2. The number of aromatic nitrogens is 5. The summed E-state index contributed by atoms with van der Waals surface area (Å²) in [7, 11) is 0. The highest BCUT2D eigenvalue weighted by molar-refractivity contribution is 6.31. The van der Waals surface area contributed by atoms with E-state index in [4.69, 9.17) is 11.6 Å². The highest BCUT2D eigenvalue weighted by Crippen LogP contribution is 2.35. The van der Waals surface area contributed by atoms with E-state index in [1.807, 2.05) is 0 Å². The minimum atomic E-state index is -4.56. The van der Waals surface area contributed by atoms with Crippen LogP contribution in [-0.4, -0.2) is 42.4 Å².